The summed E-state index contributed by atoms with van der Waals surface area (Å²) < 4.78 is 2.45. The van der Waals surface area contributed by atoms with E-state index in [1.807, 2.05) is 6.92 Å². The molecule has 31 heavy (non-hydrogen) atoms. The molecule has 0 radical (unpaired) electrons. The fourth-order valence-corrected chi connectivity index (χ4v) is 4.15. The van der Waals surface area contributed by atoms with Gasteiger partial charge in [0, 0.05) is 19.5 Å². The largest absolute Gasteiger partial charge is 0.353 e. The molecule has 0 spiro atoms. The van der Waals surface area contributed by atoms with Crippen LogP contribution >= 0.6 is 0 Å². The molecule has 4 heteroatoms. The number of carbonyl (C=O) groups excluding carboxylic acids is 1. The van der Waals surface area contributed by atoms with E-state index < -0.39 is 0 Å². The van der Waals surface area contributed by atoms with Crippen molar-refractivity contribution < 1.29 is 4.79 Å². The highest BCUT2D eigenvalue weighted by atomic mass is 16.1. The molecule has 1 heterocycles. The van der Waals surface area contributed by atoms with Crippen molar-refractivity contribution in [2.24, 2.45) is 0 Å². The van der Waals surface area contributed by atoms with Gasteiger partial charge in [-0.25, -0.2) is 4.98 Å². The molecule has 0 aliphatic heterocycles. The summed E-state index contributed by atoms with van der Waals surface area (Å²) in [6, 6.07) is 8.53. The molecule has 0 atom stereocenters. The van der Waals surface area contributed by atoms with Crippen molar-refractivity contribution in [3.8, 4) is 0 Å². The minimum Gasteiger partial charge on any atom is -0.353 e. The van der Waals surface area contributed by atoms with Crippen LogP contribution in [0.3, 0.4) is 0 Å². The lowest BCUT2D eigenvalue weighted by Crippen LogP contribution is -2.21. The molecule has 2 aromatic rings. The molecule has 1 aromatic carbocycles. The Bertz CT molecular complexity index is 778. The van der Waals surface area contributed by atoms with Crippen LogP contribution in [-0.4, -0.2) is 22.0 Å². The molecule has 1 N–H and O–H groups in total. The molecule has 0 aliphatic carbocycles. The second-order valence-corrected chi connectivity index (χ2v) is 8.60. The Morgan fingerprint density at radius 3 is 2.35 bits per heavy atom. The summed E-state index contributed by atoms with van der Waals surface area (Å²) >= 11 is 0. The Kier molecular flexibility index (Phi) is 12.7. The average molecular weight is 426 g/mol. The molecule has 172 valence electrons. The summed E-state index contributed by atoms with van der Waals surface area (Å²) in [5.74, 6) is 1.23. The van der Waals surface area contributed by atoms with Gasteiger partial charge in [0.1, 0.15) is 5.82 Å². The topological polar surface area (TPSA) is 46.9 Å². The van der Waals surface area contributed by atoms with Crippen molar-refractivity contribution in [2.45, 2.75) is 104 Å². The van der Waals surface area contributed by atoms with Gasteiger partial charge in [0.15, 0.2) is 0 Å². The molecule has 0 saturated carbocycles. The first-order valence-electron chi connectivity index (χ1n) is 12.6. The zero-order valence-corrected chi connectivity index (χ0v) is 19.9. The van der Waals surface area contributed by atoms with Crippen LogP contribution in [-0.2, 0) is 17.8 Å². The second-order valence-electron chi connectivity index (χ2n) is 8.60. The van der Waals surface area contributed by atoms with E-state index in [0.717, 1.165) is 44.3 Å². The minimum absolute atomic E-state index is 0.00486. The van der Waals surface area contributed by atoms with Crippen molar-refractivity contribution in [2.75, 3.05) is 6.54 Å². The van der Waals surface area contributed by atoms with Crippen LogP contribution in [0.15, 0.2) is 36.4 Å². The van der Waals surface area contributed by atoms with Crippen molar-refractivity contribution in [1.29, 1.82) is 0 Å². The first kappa shape index (κ1) is 25.2. The molecule has 1 aromatic heterocycles. The summed E-state index contributed by atoms with van der Waals surface area (Å²) in [4.78, 5) is 16.4. The van der Waals surface area contributed by atoms with Crippen LogP contribution in [0.1, 0.15) is 96.7 Å². The van der Waals surface area contributed by atoms with Crippen LogP contribution in [0.25, 0.3) is 11.0 Å². The van der Waals surface area contributed by atoms with Gasteiger partial charge in [-0.05, 0) is 44.4 Å². The van der Waals surface area contributed by atoms with Crippen LogP contribution in [0, 0.1) is 0 Å². The molecule has 0 fully saturated rings. The number of carbonyl (C=O) groups is 1. The molecular weight excluding hydrogens is 382 g/mol. The molecule has 0 saturated heterocycles. The maximum absolute atomic E-state index is 11.5. The molecule has 1 amide bonds. The number of benzene rings is 1. The Balaban J connectivity index is 1.73. The van der Waals surface area contributed by atoms with E-state index in [4.69, 9.17) is 4.98 Å². The van der Waals surface area contributed by atoms with Gasteiger partial charge in [-0.15, -0.1) is 0 Å². The summed E-state index contributed by atoms with van der Waals surface area (Å²) in [7, 11) is 0. The third kappa shape index (κ3) is 9.71. The fourth-order valence-electron chi connectivity index (χ4n) is 4.15. The van der Waals surface area contributed by atoms with Crippen molar-refractivity contribution in [3.05, 3.63) is 42.2 Å². The Morgan fingerprint density at radius 2 is 1.61 bits per heavy atom. The summed E-state index contributed by atoms with van der Waals surface area (Å²) in [5.41, 5.74) is 2.39. The number of imidazole rings is 1. The lowest BCUT2D eigenvalue weighted by Gasteiger charge is -2.10. The third-order valence-corrected chi connectivity index (χ3v) is 5.91. The quantitative estimate of drug-likeness (QED) is 0.220. The number of hydrogen-bond acceptors (Lipinski definition) is 2. The SMILES string of the molecule is C/C=C/C(=O)NCCCCCc1nc2ccccc2n1CCCCCCCCCCC. The highest BCUT2D eigenvalue weighted by Crippen LogP contribution is 2.19. The Hall–Kier alpha value is -2.10. The Morgan fingerprint density at radius 1 is 0.935 bits per heavy atom. The molecule has 2 rings (SSSR count). The van der Waals surface area contributed by atoms with Crippen LogP contribution in [0.2, 0.25) is 0 Å². The molecule has 0 aliphatic rings. The molecule has 0 bridgehead atoms. The van der Waals surface area contributed by atoms with Gasteiger partial charge < -0.3 is 9.88 Å². The van der Waals surface area contributed by atoms with Gasteiger partial charge in [-0.2, -0.15) is 0 Å². The number of fused-ring (bicyclic) bond motifs is 1. The molecule has 0 unspecified atom stereocenters. The predicted octanol–water partition coefficient (Wildman–Crippen LogP) is 6.97. The number of amides is 1. The third-order valence-electron chi connectivity index (χ3n) is 5.91. The zero-order chi connectivity index (χ0) is 22.2. The van der Waals surface area contributed by atoms with Crippen molar-refractivity contribution in [3.63, 3.8) is 0 Å². The summed E-state index contributed by atoms with van der Waals surface area (Å²) in [6.07, 6.45) is 19.8. The van der Waals surface area contributed by atoms with Gasteiger partial charge in [-0.1, -0.05) is 82.9 Å². The molecular formula is C27H43N3O. The van der Waals surface area contributed by atoms with Gasteiger partial charge in [0.2, 0.25) is 5.91 Å². The van der Waals surface area contributed by atoms with Crippen LogP contribution in [0.4, 0.5) is 0 Å². The van der Waals surface area contributed by atoms with Crippen molar-refractivity contribution in [1.82, 2.24) is 14.9 Å². The first-order valence-corrected chi connectivity index (χ1v) is 12.6. The average Bonchev–Trinajstić information content (AvgIpc) is 3.12. The highest BCUT2D eigenvalue weighted by molar-refractivity contribution is 5.87. The van der Waals surface area contributed by atoms with Gasteiger partial charge in [-0.3, -0.25) is 4.79 Å². The number of unbranched alkanes of at least 4 members (excludes halogenated alkanes) is 10. The van der Waals surface area contributed by atoms with Crippen LogP contribution in [0.5, 0.6) is 0 Å². The van der Waals surface area contributed by atoms with E-state index in [-0.39, 0.29) is 5.91 Å². The smallest absolute Gasteiger partial charge is 0.243 e. The highest BCUT2D eigenvalue weighted by Gasteiger charge is 2.10. The van der Waals surface area contributed by atoms with E-state index in [1.54, 1.807) is 12.2 Å². The number of rotatable bonds is 17. The maximum Gasteiger partial charge on any atom is 0.243 e. The van der Waals surface area contributed by atoms with Gasteiger partial charge >= 0.3 is 0 Å². The zero-order valence-electron chi connectivity index (χ0n) is 19.9. The summed E-state index contributed by atoms with van der Waals surface area (Å²) in [6.45, 7) is 5.96. The van der Waals surface area contributed by atoms with Crippen LogP contribution < -0.4 is 5.32 Å². The van der Waals surface area contributed by atoms with Crippen molar-refractivity contribution >= 4 is 16.9 Å². The van der Waals surface area contributed by atoms with E-state index in [1.165, 1.54) is 69.1 Å². The van der Waals surface area contributed by atoms with E-state index in [9.17, 15) is 4.79 Å². The maximum atomic E-state index is 11.5. The summed E-state index contributed by atoms with van der Waals surface area (Å²) in [5, 5.41) is 2.93. The Labute approximate surface area is 189 Å². The first-order chi connectivity index (χ1) is 15.3. The number of aryl methyl sites for hydroxylation is 2. The standard InChI is InChI=1S/C27H43N3O/c1-3-5-6-7-8-9-10-11-17-23-30-25-20-15-14-19-24(25)29-26(30)21-13-12-16-22-28-27(31)18-4-2/h4,14-15,18-20H,3,5-13,16-17,21-23H2,1-2H3,(H,28,31)/b18-4+. The number of hydrogen-bond donors (Lipinski definition) is 1. The number of aromatic nitrogens is 2. The lowest BCUT2D eigenvalue weighted by molar-refractivity contribution is -0.116. The van der Waals surface area contributed by atoms with E-state index in [0.29, 0.717) is 0 Å². The van der Waals surface area contributed by atoms with Gasteiger partial charge in [0.05, 0.1) is 11.0 Å². The number of para-hydroxylation sites is 2. The second kappa shape index (κ2) is 15.7. The number of nitrogens with one attached hydrogen (secondary N) is 1. The molecule has 4 nitrogen and oxygen atoms in total. The lowest BCUT2D eigenvalue weighted by atomic mass is 10.1. The number of nitrogens with zero attached hydrogens (tertiary/aromatic N) is 2. The van der Waals surface area contributed by atoms with E-state index in [2.05, 4.69) is 41.1 Å². The predicted molar refractivity (Wildman–Crippen MR) is 132 cm³/mol. The minimum atomic E-state index is 0.00486. The normalized spacial score (nSPS) is 11.5. The van der Waals surface area contributed by atoms with E-state index >= 15 is 0 Å². The number of allylic oxidation sites excluding steroid dienone is 1. The monoisotopic (exact) mass is 425 g/mol. The fraction of sp³-hybridized carbons (Fsp3) is 0.630. The van der Waals surface area contributed by atoms with Gasteiger partial charge in [0.25, 0.3) is 0 Å².